The number of nitrogens with zero attached hydrogens (tertiary/aromatic N) is 4. The van der Waals surface area contributed by atoms with Gasteiger partial charge >= 0.3 is 0 Å². The lowest BCUT2D eigenvalue weighted by atomic mass is 9.79. The summed E-state index contributed by atoms with van der Waals surface area (Å²) in [6, 6.07) is 15.4. The summed E-state index contributed by atoms with van der Waals surface area (Å²) < 4.78 is 0. The quantitative estimate of drug-likeness (QED) is 0.523. The van der Waals surface area contributed by atoms with Crippen LogP contribution < -0.4 is 0 Å². The van der Waals surface area contributed by atoms with Crippen molar-refractivity contribution >= 4 is 46.0 Å². The molecule has 2 aliphatic carbocycles. The first-order chi connectivity index (χ1) is 16.4. The van der Waals surface area contributed by atoms with Crippen LogP contribution in [-0.2, 0) is 0 Å². The van der Waals surface area contributed by atoms with Crippen molar-refractivity contribution in [2.75, 3.05) is 6.54 Å². The number of amidine groups is 1. The van der Waals surface area contributed by atoms with Gasteiger partial charge in [-0.1, -0.05) is 67.4 Å². The van der Waals surface area contributed by atoms with Gasteiger partial charge in [-0.25, -0.2) is 5.01 Å². The molecule has 0 amide bonds. The first-order valence-electron chi connectivity index (χ1n) is 11.9. The van der Waals surface area contributed by atoms with Crippen LogP contribution in [0.4, 0.5) is 0 Å². The predicted molar refractivity (Wildman–Crippen MR) is 141 cm³/mol. The molecule has 0 atom stereocenters. The number of allylic oxidation sites excluding steroid dienone is 1. The maximum atomic E-state index is 10.7. The van der Waals surface area contributed by atoms with Crippen molar-refractivity contribution in [3.05, 3.63) is 75.8 Å². The fourth-order valence-corrected chi connectivity index (χ4v) is 5.87. The minimum atomic E-state index is -0.526. The number of hydrogen-bond donors (Lipinski definition) is 1. The largest absolute Gasteiger partial charge is 0.390 e. The van der Waals surface area contributed by atoms with E-state index in [0.29, 0.717) is 22.4 Å². The normalized spacial score (nSPS) is 27.1. The number of fused-ring (bicyclic) bond motifs is 3. The molecular formula is C27H28Cl2N4O. The highest BCUT2D eigenvalue weighted by Crippen LogP contribution is 2.57. The maximum Gasteiger partial charge on any atom is 0.172 e. The molecule has 5 nitrogen and oxygen atoms in total. The maximum absolute atomic E-state index is 10.7. The van der Waals surface area contributed by atoms with E-state index in [1.54, 1.807) is 0 Å². The van der Waals surface area contributed by atoms with Crippen LogP contribution >= 0.6 is 23.2 Å². The van der Waals surface area contributed by atoms with Crippen LogP contribution in [0, 0.1) is 5.41 Å². The van der Waals surface area contributed by atoms with Crippen molar-refractivity contribution in [1.82, 2.24) is 5.01 Å². The molecule has 0 spiro atoms. The molecule has 2 fully saturated rings. The summed E-state index contributed by atoms with van der Waals surface area (Å²) in [6.45, 7) is 4.58. The van der Waals surface area contributed by atoms with Crippen LogP contribution in [0.2, 0.25) is 10.0 Å². The van der Waals surface area contributed by atoms with Gasteiger partial charge in [0.25, 0.3) is 0 Å². The highest BCUT2D eigenvalue weighted by atomic mass is 35.5. The molecule has 2 aromatic rings. The average Bonchev–Trinajstić information content (AvgIpc) is 3.40. The van der Waals surface area contributed by atoms with Gasteiger partial charge < -0.3 is 5.11 Å². The van der Waals surface area contributed by atoms with Crippen molar-refractivity contribution in [2.45, 2.75) is 51.6 Å². The Balaban J connectivity index is 0.00000117. The molecule has 2 aromatic carbocycles. The molecule has 4 aliphatic rings. The SMILES string of the molecule is CC.OC12CCC(C3=NN=C4C=C(c5ccc(Cl)cc5)C(c5ccccc5Cl)=NN4C3)(CC1)C2. The highest BCUT2D eigenvalue weighted by molar-refractivity contribution is 6.42. The van der Waals surface area contributed by atoms with Crippen LogP contribution in [0.25, 0.3) is 5.57 Å². The molecule has 0 aromatic heterocycles. The van der Waals surface area contributed by atoms with Crippen molar-refractivity contribution in [3.8, 4) is 0 Å². The molecule has 34 heavy (non-hydrogen) atoms. The lowest BCUT2D eigenvalue weighted by molar-refractivity contribution is 0.0521. The smallest absolute Gasteiger partial charge is 0.172 e. The first kappa shape index (κ1) is 23.3. The molecule has 2 bridgehead atoms. The Morgan fingerprint density at radius 1 is 0.912 bits per heavy atom. The molecule has 0 radical (unpaired) electrons. The van der Waals surface area contributed by atoms with Gasteiger partial charge in [-0.05, 0) is 61.9 Å². The third-order valence-corrected chi connectivity index (χ3v) is 7.87. The molecule has 1 N–H and O–H groups in total. The van der Waals surface area contributed by atoms with E-state index in [2.05, 4.69) is 10.2 Å². The Labute approximate surface area is 210 Å². The van der Waals surface area contributed by atoms with Crippen molar-refractivity contribution in [1.29, 1.82) is 0 Å². The summed E-state index contributed by atoms with van der Waals surface area (Å²) in [6.07, 6.45) is 6.42. The number of hydrazone groups is 1. The standard InChI is InChI=1S/C25H22Cl2N4O.C2H6/c26-17-7-5-16(6-8-17)19-13-22-29-28-21(24-9-11-25(32,15-24)12-10-24)14-31(22)30-23(19)18-3-1-2-4-20(18)27;1-2/h1-8,13,32H,9-12,14-15H2;1-2H3. The number of rotatable bonds is 3. The molecule has 2 saturated carbocycles. The minimum absolute atomic E-state index is 0.0516. The molecule has 0 unspecified atom stereocenters. The van der Waals surface area contributed by atoms with Crippen molar-refractivity contribution < 1.29 is 5.11 Å². The predicted octanol–water partition coefficient (Wildman–Crippen LogP) is 6.59. The van der Waals surface area contributed by atoms with Crippen LogP contribution in [-0.4, -0.2) is 39.5 Å². The van der Waals surface area contributed by atoms with Crippen LogP contribution in [0.5, 0.6) is 0 Å². The molecule has 7 heteroatoms. The van der Waals surface area contributed by atoms with Crippen LogP contribution in [0.15, 0.2) is 69.9 Å². The summed E-state index contributed by atoms with van der Waals surface area (Å²) >= 11 is 12.7. The summed E-state index contributed by atoms with van der Waals surface area (Å²) in [5.41, 5.74) is 4.03. The van der Waals surface area contributed by atoms with Gasteiger partial charge in [0, 0.05) is 21.6 Å². The lowest BCUT2D eigenvalue weighted by Crippen LogP contribution is -2.42. The van der Waals surface area contributed by atoms with Crippen LogP contribution in [0.1, 0.15) is 57.1 Å². The second-order valence-electron chi connectivity index (χ2n) is 9.24. The van der Waals surface area contributed by atoms with E-state index in [-0.39, 0.29) is 5.41 Å². The zero-order chi connectivity index (χ0) is 23.9. The van der Waals surface area contributed by atoms with Crippen LogP contribution in [0.3, 0.4) is 0 Å². The molecule has 2 aliphatic heterocycles. The van der Waals surface area contributed by atoms with E-state index in [4.69, 9.17) is 28.3 Å². The number of hydrogen-bond acceptors (Lipinski definition) is 5. The first-order valence-corrected chi connectivity index (χ1v) is 12.7. The zero-order valence-electron chi connectivity index (χ0n) is 19.4. The molecule has 0 saturated heterocycles. The fourth-order valence-electron chi connectivity index (χ4n) is 5.52. The topological polar surface area (TPSA) is 60.6 Å². The monoisotopic (exact) mass is 494 g/mol. The summed E-state index contributed by atoms with van der Waals surface area (Å²) in [7, 11) is 0. The second kappa shape index (κ2) is 8.95. The van der Waals surface area contributed by atoms with Crippen molar-refractivity contribution in [2.24, 2.45) is 20.7 Å². The summed E-state index contributed by atoms with van der Waals surface area (Å²) in [5.74, 6) is 0.706. The Morgan fingerprint density at radius 2 is 1.62 bits per heavy atom. The Kier molecular flexibility index (Phi) is 6.13. The summed E-state index contributed by atoms with van der Waals surface area (Å²) in [4.78, 5) is 0. The third kappa shape index (κ3) is 4.00. The van der Waals surface area contributed by atoms with Gasteiger partial charge in [-0.2, -0.15) is 10.2 Å². The Bertz CT molecular complexity index is 1220. The van der Waals surface area contributed by atoms with Gasteiger partial charge in [0.2, 0.25) is 0 Å². The Morgan fingerprint density at radius 3 is 2.26 bits per heavy atom. The van der Waals surface area contributed by atoms with E-state index < -0.39 is 5.60 Å². The van der Waals surface area contributed by atoms with E-state index >= 15 is 0 Å². The molecule has 2 heterocycles. The number of benzene rings is 2. The second-order valence-corrected chi connectivity index (χ2v) is 10.1. The highest BCUT2D eigenvalue weighted by Gasteiger charge is 2.56. The molecular weight excluding hydrogens is 467 g/mol. The van der Waals surface area contributed by atoms with E-state index in [9.17, 15) is 5.11 Å². The fraction of sp³-hybridized carbons (Fsp3) is 0.370. The average molecular weight is 495 g/mol. The van der Waals surface area contributed by atoms with E-state index in [1.165, 1.54) is 0 Å². The number of aliphatic hydroxyl groups is 1. The van der Waals surface area contributed by atoms with Gasteiger partial charge in [0.05, 0.1) is 22.9 Å². The van der Waals surface area contributed by atoms with Gasteiger partial charge in [-0.15, -0.1) is 5.10 Å². The van der Waals surface area contributed by atoms with E-state index in [0.717, 1.165) is 60.2 Å². The molecule has 176 valence electrons. The van der Waals surface area contributed by atoms with Gasteiger partial charge in [0.15, 0.2) is 5.84 Å². The lowest BCUT2D eigenvalue weighted by Gasteiger charge is -2.34. The van der Waals surface area contributed by atoms with E-state index in [1.807, 2.05) is 73.5 Å². The molecule has 6 rings (SSSR count). The minimum Gasteiger partial charge on any atom is -0.390 e. The van der Waals surface area contributed by atoms with Gasteiger partial charge in [0.1, 0.15) is 5.71 Å². The number of halogens is 2. The third-order valence-electron chi connectivity index (χ3n) is 7.29. The Hall–Kier alpha value is -2.47. The van der Waals surface area contributed by atoms with Crippen molar-refractivity contribution in [3.63, 3.8) is 0 Å². The summed E-state index contributed by atoms with van der Waals surface area (Å²) in [5, 5.41) is 28.2. The zero-order valence-corrected chi connectivity index (χ0v) is 20.9. The van der Waals surface area contributed by atoms with Gasteiger partial charge in [-0.3, -0.25) is 0 Å².